The van der Waals surface area contributed by atoms with Gasteiger partial charge in [0.2, 0.25) is 5.91 Å². The maximum atomic E-state index is 14.5. The molecule has 1 amide bonds. The van der Waals surface area contributed by atoms with Crippen LogP contribution in [0.15, 0.2) is 115 Å². The lowest BCUT2D eigenvalue weighted by Crippen LogP contribution is -2.48. The first-order valence-electron chi connectivity index (χ1n) is 13.1. The Morgan fingerprint density at radius 3 is 1.84 bits per heavy atom. The second-order valence-corrected chi connectivity index (χ2v) is 10.2. The van der Waals surface area contributed by atoms with Gasteiger partial charge in [0.05, 0.1) is 5.92 Å². The third-order valence-electron chi connectivity index (χ3n) is 7.34. The van der Waals surface area contributed by atoms with E-state index < -0.39 is 0 Å². The van der Waals surface area contributed by atoms with E-state index in [9.17, 15) is 4.79 Å². The molecule has 0 unspecified atom stereocenters. The Morgan fingerprint density at radius 1 is 0.757 bits per heavy atom. The monoisotopic (exact) mass is 508 g/mol. The van der Waals surface area contributed by atoms with Gasteiger partial charge < -0.3 is 4.90 Å². The van der Waals surface area contributed by atoms with Crippen LogP contribution in [-0.2, 0) is 17.9 Å². The van der Waals surface area contributed by atoms with Crippen LogP contribution in [0.25, 0.3) is 0 Å². The van der Waals surface area contributed by atoms with E-state index in [2.05, 4.69) is 64.4 Å². The first-order valence-corrected chi connectivity index (χ1v) is 13.5. The topological polar surface area (TPSA) is 23.6 Å². The zero-order chi connectivity index (χ0) is 25.5. The van der Waals surface area contributed by atoms with Crippen molar-refractivity contribution < 1.29 is 4.79 Å². The molecule has 1 saturated heterocycles. The van der Waals surface area contributed by atoms with Crippen LogP contribution in [0.5, 0.6) is 0 Å². The van der Waals surface area contributed by atoms with Crippen molar-refractivity contribution in [2.75, 3.05) is 13.1 Å². The summed E-state index contributed by atoms with van der Waals surface area (Å²) in [5, 5.41) is 0.706. The molecule has 0 spiro atoms. The van der Waals surface area contributed by atoms with Gasteiger partial charge in [-0.05, 0) is 41.2 Å². The van der Waals surface area contributed by atoms with Gasteiger partial charge in [0.15, 0.2) is 0 Å². The van der Waals surface area contributed by atoms with Crippen molar-refractivity contribution >= 4 is 17.5 Å². The number of hydrogen-bond donors (Lipinski definition) is 0. The summed E-state index contributed by atoms with van der Waals surface area (Å²) < 4.78 is 0. The molecule has 0 atom stereocenters. The number of carbonyl (C=O) groups excluding carboxylic acids is 1. The van der Waals surface area contributed by atoms with Crippen LogP contribution in [0.3, 0.4) is 0 Å². The third-order valence-corrected chi connectivity index (χ3v) is 7.71. The highest BCUT2D eigenvalue weighted by Gasteiger charge is 2.34. The number of hydrogen-bond acceptors (Lipinski definition) is 2. The molecule has 0 bridgehead atoms. The van der Waals surface area contributed by atoms with Crippen LogP contribution >= 0.6 is 11.6 Å². The number of benzene rings is 4. The number of halogens is 1. The number of amides is 1. The molecule has 1 heterocycles. The van der Waals surface area contributed by atoms with Crippen LogP contribution in [0.4, 0.5) is 0 Å². The summed E-state index contributed by atoms with van der Waals surface area (Å²) in [6, 6.07) is 39.0. The zero-order valence-corrected chi connectivity index (χ0v) is 21.8. The number of nitrogens with zero attached hydrogens (tertiary/aromatic N) is 2. The lowest BCUT2D eigenvalue weighted by Gasteiger charge is -2.40. The van der Waals surface area contributed by atoms with Crippen LogP contribution in [-0.4, -0.2) is 34.8 Å². The van der Waals surface area contributed by atoms with Crippen molar-refractivity contribution in [3.05, 3.63) is 143 Å². The Morgan fingerprint density at radius 2 is 1.27 bits per heavy atom. The summed E-state index contributed by atoms with van der Waals surface area (Å²) in [6.45, 7) is 3.39. The second kappa shape index (κ2) is 12.2. The number of carbonyl (C=O) groups is 1. The van der Waals surface area contributed by atoms with Crippen molar-refractivity contribution in [3.8, 4) is 0 Å². The van der Waals surface area contributed by atoms with E-state index >= 15 is 0 Å². The second-order valence-electron chi connectivity index (χ2n) is 9.80. The van der Waals surface area contributed by atoms with Crippen LogP contribution < -0.4 is 0 Å². The van der Waals surface area contributed by atoms with Crippen LogP contribution in [0.1, 0.15) is 41.0 Å². The Kier molecular flexibility index (Phi) is 8.35. The lowest BCUT2D eigenvalue weighted by molar-refractivity contribution is -0.136. The highest BCUT2D eigenvalue weighted by atomic mass is 35.5. The lowest BCUT2D eigenvalue weighted by atomic mass is 9.88. The molecule has 1 aliphatic heterocycles. The van der Waals surface area contributed by atoms with Gasteiger partial charge in [0, 0.05) is 37.2 Å². The Bertz CT molecular complexity index is 1230. The van der Waals surface area contributed by atoms with Crippen LogP contribution in [0, 0.1) is 0 Å². The number of rotatable bonds is 8. The Balaban J connectivity index is 1.42. The van der Waals surface area contributed by atoms with Gasteiger partial charge in [-0.25, -0.2) is 0 Å². The first-order chi connectivity index (χ1) is 18.2. The first kappa shape index (κ1) is 25.3. The van der Waals surface area contributed by atoms with Gasteiger partial charge in [0.1, 0.15) is 0 Å². The normalized spacial score (nSPS) is 14.5. The number of piperidine rings is 1. The summed E-state index contributed by atoms with van der Waals surface area (Å²) in [5.74, 6) is -0.217. The van der Waals surface area contributed by atoms with E-state index in [1.54, 1.807) is 0 Å². The fourth-order valence-corrected chi connectivity index (χ4v) is 5.56. The fraction of sp³-hybridized carbons (Fsp3) is 0.242. The van der Waals surface area contributed by atoms with Gasteiger partial charge in [-0.15, -0.1) is 0 Å². The maximum absolute atomic E-state index is 14.5. The average Bonchev–Trinajstić information content (AvgIpc) is 2.95. The summed E-state index contributed by atoms with van der Waals surface area (Å²) in [7, 11) is 0. The molecule has 0 aliphatic carbocycles. The highest BCUT2D eigenvalue weighted by Crippen LogP contribution is 2.31. The third kappa shape index (κ3) is 6.30. The molecule has 0 saturated carbocycles. The molecule has 0 aromatic heterocycles. The molecular weight excluding hydrogens is 476 g/mol. The molecule has 3 nitrogen and oxygen atoms in total. The van der Waals surface area contributed by atoms with Crippen molar-refractivity contribution in [1.29, 1.82) is 0 Å². The molecule has 1 aliphatic rings. The molecule has 4 aromatic carbocycles. The van der Waals surface area contributed by atoms with Gasteiger partial charge in [0.25, 0.3) is 0 Å². The minimum atomic E-state index is -0.354. The van der Waals surface area contributed by atoms with E-state index in [0.29, 0.717) is 11.6 Å². The summed E-state index contributed by atoms with van der Waals surface area (Å²) >= 11 is 6.59. The zero-order valence-electron chi connectivity index (χ0n) is 21.0. The van der Waals surface area contributed by atoms with Crippen molar-refractivity contribution in [2.24, 2.45) is 0 Å². The Hall–Kier alpha value is -3.40. The van der Waals surface area contributed by atoms with Crippen LogP contribution in [0.2, 0.25) is 5.02 Å². The van der Waals surface area contributed by atoms with Gasteiger partial charge in [-0.1, -0.05) is 121 Å². The van der Waals surface area contributed by atoms with E-state index in [1.165, 1.54) is 5.56 Å². The minimum absolute atomic E-state index is 0.138. The quantitative estimate of drug-likeness (QED) is 0.252. The molecule has 1 fully saturated rings. The van der Waals surface area contributed by atoms with E-state index in [-0.39, 0.29) is 17.9 Å². The molecule has 0 N–H and O–H groups in total. The molecule has 0 radical (unpaired) electrons. The van der Waals surface area contributed by atoms with Crippen molar-refractivity contribution in [2.45, 2.75) is 37.9 Å². The minimum Gasteiger partial charge on any atom is -0.334 e. The summed E-state index contributed by atoms with van der Waals surface area (Å²) in [5.41, 5.74) is 4.36. The van der Waals surface area contributed by atoms with Gasteiger partial charge >= 0.3 is 0 Å². The maximum Gasteiger partial charge on any atom is 0.235 e. The van der Waals surface area contributed by atoms with E-state index in [4.69, 9.17) is 11.6 Å². The SMILES string of the molecule is O=C(C(c1ccccc1)c1ccccc1)N(Cc1ccccc1Cl)C1CCN(Cc2ccccc2)CC1. The molecule has 4 aromatic rings. The van der Waals surface area contributed by atoms with Crippen molar-refractivity contribution in [3.63, 3.8) is 0 Å². The van der Waals surface area contributed by atoms with E-state index in [0.717, 1.165) is 49.2 Å². The summed E-state index contributed by atoms with van der Waals surface area (Å²) in [6.07, 6.45) is 1.89. The molecule has 4 heteroatoms. The molecule has 188 valence electrons. The predicted molar refractivity (Wildman–Crippen MR) is 151 cm³/mol. The van der Waals surface area contributed by atoms with Gasteiger partial charge in [-0.2, -0.15) is 0 Å². The van der Waals surface area contributed by atoms with E-state index in [1.807, 2.05) is 60.7 Å². The smallest absolute Gasteiger partial charge is 0.235 e. The standard InChI is InChI=1S/C33H33ClN2O/c34-31-19-11-10-18-29(31)25-36(30-20-22-35(23-21-30)24-26-12-4-1-5-13-26)33(37)32(27-14-6-2-7-15-27)28-16-8-3-9-17-28/h1-19,30,32H,20-25H2. The molecule has 5 rings (SSSR count). The fourth-order valence-electron chi connectivity index (χ4n) is 5.36. The van der Waals surface area contributed by atoms with Gasteiger partial charge in [-0.3, -0.25) is 9.69 Å². The Labute approximate surface area is 225 Å². The highest BCUT2D eigenvalue weighted by molar-refractivity contribution is 6.31. The average molecular weight is 509 g/mol. The summed E-state index contributed by atoms with van der Waals surface area (Å²) in [4.78, 5) is 19.1. The molecule has 37 heavy (non-hydrogen) atoms. The van der Waals surface area contributed by atoms with Crippen molar-refractivity contribution in [1.82, 2.24) is 9.80 Å². The number of likely N-dealkylation sites (tertiary alicyclic amines) is 1. The predicted octanol–water partition coefficient (Wildman–Crippen LogP) is 7.17. The largest absolute Gasteiger partial charge is 0.334 e. The molecular formula is C33H33ClN2O.